The van der Waals surface area contributed by atoms with Gasteiger partial charge in [-0.15, -0.1) is 0 Å². The molecule has 0 aromatic heterocycles. The lowest BCUT2D eigenvalue weighted by atomic mass is 9.79. The van der Waals surface area contributed by atoms with Crippen LogP contribution in [0.15, 0.2) is 0 Å². The van der Waals surface area contributed by atoms with Gasteiger partial charge in [-0.05, 0) is 47.0 Å². The summed E-state index contributed by atoms with van der Waals surface area (Å²) in [5.74, 6) is 0. The van der Waals surface area contributed by atoms with E-state index in [1.54, 1.807) is 0 Å². The van der Waals surface area contributed by atoms with Crippen LogP contribution in [0.5, 0.6) is 0 Å². The van der Waals surface area contributed by atoms with Crippen LogP contribution in [0, 0.1) is 0 Å². The predicted molar refractivity (Wildman–Crippen MR) is 98.0 cm³/mol. The molecule has 21 heavy (non-hydrogen) atoms. The Morgan fingerprint density at radius 3 is 1.33 bits per heavy atom. The monoisotopic (exact) mass is 297 g/mol. The number of hydrogen-bond donors (Lipinski definition) is 0. The summed E-state index contributed by atoms with van der Waals surface area (Å²) in [6.45, 7) is 16.6. The highest BCUT2D eigenvalue weighted by Gasteiger charge is 2.37. The molecule has 0 rings (SSSR count). The van der Waals surface area contributed by atoms with Gasteiger partial charge in [0.15, 0.2) is 0 Å². The summed E-state index contributed by atoms with van der Waals surface area (Å²) in [6, 6.07) is 1.31. The molecule has 1 heteroatoms. The molecule has 0 heterocycles. The first-order chi connectivity index (χ1) is 9.95. The van der Waals surface area contributed by atoms with E-state index in [9.17, 15) is 0 Å². The maximum atomic E-state index is 2.86. The van der Waals surface area contributed by atoms with Crippen LogP contribution >= 0.6 is 0 Å². The zero-order valence-electron chi connectivity index (χ0n) is 16.2. The van der Waals surface area contributed by atoms with Crippen LogP contribution in [-0.2, 0) is 0 Å². The minimum atomic E-state index is 0.448. The zero-order chi connectivity index (χ0) is 16.3. The van der Waals surface area contributed by atoms with Crippen LogP contribution in [0.3, 0.4) is 0 Å². The molecule has 1 nitrogen and oxygen atoms in total. The van der Waals surface area contributed by atoms with Crippen molar-refractivity contribution in [3.05, 3.63) is 0 Å². The van der Waals surface area contributed by atoms with E-state index in [1.807, 2.05) is 0 Å². The van der Waals surface area contributed by atoms with E-state index in [1.165, 1.54) is 64.2 Å². The van der Waals surface area contributed by atoms with Crippen molar-refractivity contribution in [2.75, 3.05) is 0 Å². The molecule has 0 atom stereocenters. The van der Waals surface area contributed by atoms with E-state index in [0.717, 1.165) is 0 Å². The Bertz CT molecular complexity index is 216. The first kappa shape index (κ1) is 21.0. The summed E-state index contributed by atoms with van der Waals surface area (Å²) in [5.41, 5.74) is 0.448. The molecule has 128 valence electrons. The lowest BCUT2D eigenvalue weighted by Gasteiger charge is -2.50. The van der Waals surface area contributed by atoms with Crippen molar-refractivity contribution in [1.29, 1.82) is 0 Å². The lowest BCUT2D eigenvalue weighted by molar-refractivity contribution is 0.0000795. The van der Waals surface area contributed by atoms with Crippen LogP contribution in [0.25, 0.3) is 0 Å². The van der Waals surface area contributed by atoms with Crippen LogP contribution in [0.4, 0.5) is 0 Å². The van der Waals surface area contributed by atoms with Gasteiger partial charge in [-0.25, -0.2) is 0 Å². The highest BCUT2D eigenvalue weighted by molar-refractivity contribution is 4.93. The molecule has 0 unspecified atom stereocenters. The maximum absolute atomic E-state index is 2.86. The largest absolute Gasteiger partial charge is 0.293 e. The fraction of sp³-hybridized carbons (Fsp3) is 1.00. The molecule has 0 aliphatic rings. The Morgan fingerprint density at radius 2 is 1.00 bits per heavy atom. The molecule has 0 amide bonds. The van der Waals surface area contributed by atoms with Crippen molar-refractivity contribution < 1.29 is 0 Å². The molecule has 0 aromatic carbocycles. The van der Waals surface area contributed by atoms with E-state index in [2.05, 4.69) is 53.4 Å². The number of nitrogens with zero attached hydrogens (tertiary/aromatic N) is 1. The fourth-order valence-electron chi connectivity index (χ4n) is 4.17. The van der Waals surface area contributed by atoms with E-state index in [0.29, 0.717) is 17.6 Å². The summed E-state index contributed by atoms with van der Waals surface area (Å²) in [6.07, 6.45) is 13.7. The minimum Gasteiger partial charge on any atom is -0.293 e. The summed E-state index contributed by atoms with van der Waals surface area (Å²) in [5, 5.41) is 0. The molecular weight excluding hydrogens is 254 g/mol. The Morgan fingerprint density at radius 1 is 0.619 bits per heavy atom. The van der Waals surface area contributed by atoms with Crippen LogP contribution in [0.2, 0.25) is 0 Å². The molecule has 0 N–H and O–H groups in total. The average molecular weight is 298 g/mol. The van der Waals surface area contributed by atoms with Gasteiger partial charge in [-0.2, -0.15) is 0 Å². The summed E-state index contributed by atoms with van der Waals surface area (Å²) < 4.78 is 0. The Kier molecular flexibility index (Phi) is 11.5. The second-order valence-corrected chi connectivity index (χ2v) is 7.48. The van der Waals surface area contributed by atoms with E-state index < -0.39 is 0 Å². The van der Waals surface area contributed by atoms with Crippen molar-refractivity contribution in [2.24, 2.45) is 0 Å². The van der Waals surface area contributed by atoms with Gasteiger partial charge in [0.1, 0.15) is 0 Å². The number of hydrogen-bond acceptors (Lipinski definition) is 1. The normalized spacial score (nSPS) is 12.9. The SMILES string of the molecule is CCCCCC(CCCC)(CCCC)N(C(C)C)C(C)C. The van der Waals surface area contributed by atoms with Crippen molar-refractivity contribution in [3.63, 3.8) is 0 Å². The molecule has 0 saturated carbocycles. The van der Waals surface area contributed by atoms with E-state index in [4.69, 9.17) is 0 Å². The molecule has 0 saturated heterocycles. The van der Waals surface area contributed by atoms with Gasteiger partial charge in [0, 0.05) is 17.6 Å². The van der Waals surface area contributed by atoms with Crippen LogP contribution < -0.4 is 0 Å². The topological polar surface area (TPSA) is 3.24 Å². The molecule has 0 aromatic rings. The molecular formula is C20H43N. The average Bonchev–Trinajstić information content (AvgIpc) is 2.42. The van der Waals surface area contributed by atoms with E-state index in [-0.39, 0.29) is 0 Å². The minimum absolute atomic E-state index is 0.448. The highest BCUT2D eigenvalue weighted by Crippen LogP contribution is 2.37. The Balaban J connectivity index is 5.26. The predicted octanol–water partition coefficient (Wildman–Crippen LogP) is 6.80. The molecule has 0 aliphatic carbocycles. The van der Waals surface area contributed by atoms with Gasteiger partial charge in [-0.1, -0.05) is 65.7 Å². The van der Waals surface area contributed by atoms with Gasteiger partial charge in [-0.3, -0.25) is 4.90 Å². The van der Waals surface area contributed by atoms with Crippen LogP contribution in [-0.4, -0.2) is 22.5 Å². The van der Waals surface area contributed by atoms with Gasteiger partial charge in [0.05, 0.1) is 0 Å². The smallest absolute Gasteiger partial charge is 0.0215 e. The fourth-order valence-corrected chi connectivity index (χ4v) is 4.17. The zero-order valence-corrected chi connectivity index (χ0v) is 16.2. The van der Waals surface area contributed by atoms with Crippen molar-refractivity contribution in [2.45, 2.75) is 130 Å². The summed E-state index contributed by atoms with van der Waals surface area (Å²) in [7, 11) is 0. The first-order valence-electron chi connectivity index (χ1n) is 9.73. The van der Waals surface area contributed by atoms with Crippen molar-refractivity contribution >= 4 is 0 Å². The summed E-state index contributed by atoms with van der Waals surface area (Å²) >= 11 is 0. The Hall–Kier alpha value is -0.0400. The Labute approximate surface area is 135 Å². The number of unbranched alkanes of at least 4 members (excludes halogenated alkanes) is 4. The molecule has 0 aliphatic heterocycles. The lowest BCUT2D eigenvalue weighted by Crippen LogP contribution is -2.55. The molecule has 0 fully saturated rings. The van der Waals surface area contributed by atoms with Crippen LogP contribution in [0.1, 0.15) is 113 Å². The first-order valence-corrected chi connectivity index (χ1v) is 9.73. The van der Waals surface area contributed by atoms with E-state index >= 15 is 0 Å². The maximum Gasteiger partial charge on any atom is 0.0215 e. The van der Waals surface area contributed by atoms with Crippen molar-refractivity contribution in [3.8, 4) is 0 Å². The highest BCUT2D eigenvalue weighted by atomic mass is 15.2. The van der Waals surface area contributed by atoms with Gasteiger partial charge in [0.2, 0.25) is 0 Å². The second-order valence-electron chi connectivity index (χ2n) is 7.48. The third kappa shape index (κ3) is 7.17. The standard InChI is InChI=1S/C20H43N/c1-8-11-14-17-20(15-12-9-2,16-13-10-3)21(18(4)5)19(6)7/h18-19H,8-17H2,1-7H3. The van der Waals surface area contributed by atoms with Gasteiger partial charge < -0.3 is 0 Å². The molecule has 0 bridgehead atoms. The van der Waals surface area contributed by atoms with Gasteiger partial charge >= 0.3 is 0 Å². The number of rotatable bonds is 13. The third-order valence-electron chi connectivity index (χ3n) is 4.90. The third-order valence-corrected chi connectivity index (χ3v) is 4.90. The summed E-state index contributed by atoms with van der Waals surface area (Å²) in [4.78, 5) is 2.86. The van der Waals surface area contributed by atoms with Crippen molar-refractivity contribution in [1.82, 2.24) is 4.90 Å². The molecule has 0 radical (unpaired) electrons. The second kappa shape index (κ2) is 11.5. The molecule has 0 spiro atoms. The quantitative estimate of drug-likeness (QED) is 0.338. The van der Waals surface area contributed by atoms with Gasteiger partial charge in [0.25, 0.3) is 0 Å².